The van der Waals surface area contributed by atoms with Crippen molar-refractivity contribution in [3.8, 4) is 0 Å². The average Bonchev–Trinajstić information content (AvgIpc) is 2.85. The molecule has 0 saturated heterocycles. The van der Waals surface area contributed by atoms with Crippen LogP contribution in [-0.4, -0.2) is 41.1 Å². The summed E-state index contributed by atoms with van der Waals surface area (Å²) in [6, 6.07) is 1.10. The molecule has 0 aliphatic rings. The van der Waals surface area contributed by atoms with Gasteiger partial charge in [0.15, 0.2) is 0 Å². The van der Waals surface area contributed by atoms with Gasteiger partial charge in [-0.1, -0.05) is 0 Å². The van der Waals surface area contributed by atoms with Crippen LogP contribution in [0, 0.1) is 0 Å². The number of likely N-dealkylation sites (N-methyl/N-ethyl adjacent to an activating group) is 1. The Hall–Kier alpha value is -1.38. The number of rotatable bonds is 6. The molecular weight excluding hydrogens is 260 g/mol. The first kappa shape index (κ1) is 14.7. The largest absolute Gasteiger partial charge is 0.465 e. The lowest BCUT2D eigenvalue weighted by atomic mass is 10.3. The number of hydrogen-bond donors (Lipinski definition) is 2. The summed E-state index contributed by atoms with van der Waals surface area (Å²) in [6.45, 7) is 2.04. The normalized spacial score (nSPS) is 13.3. The molecule has 1 rings (SSSR count). The molecule has 18 heavy (non-hydrogen) atoms. The molecule has 0 aromatic carbocycles. The van der Waals surface area contributed by atoms with Crippen molar-refractivity contribution in [3.05, 3.63) is 17.9 Å². The molecule has 0 bridgehead atoms. The third-order valence-electron chi connectivity index (χ3n) is 2.33. The highest BCUT2D eigenvalue weighted by molar-refractivity contribution is 7.89. The Morgan fingerprint density at radius 3 is 2.78 bits per heavy atom. The maximum absolute atomic E-state index is 11.8. The number of methoxy groups -OCH3 is 1. The average molecular weight is 276 g/mol. The predicted octanol–water partition coefficient (Wildman–Crippen LogP) is -0.0476. The smallest absolute Gasteiger partial charge is 0.341 e. The van der Waals surface area contributed by atoms with Crippen LogP contribution in [0.2, 0.25) is 0 Å². The van der Waals surface area contributed by atoms with Crippen LogP contribution in [0.4, 0.5) is 0 Å². The Bertz CT molecular complexity index is 508. The maximum Gasteiger partial charge on any atom is 0.341 e. The fourth-order valence-electron chi connectivity index (χ4n) is 1.09. The molecule has 0 fully saturated rings. The minimum atomic E-state index is -3.75. The maximum atomic E-state index is 11.8. The number of hydrogen-bond acceptors (Lipinski definition) is 6. The SMILES string of the molecule is CNC(C)CNS(=O)(=O)c1cc(C(=O)OC)co1. The van der Waals surface area contributed by atoms with E-state index in [-0.39, 0.29) is 23.2 Å². The highest BCUT2D eigenvalue weighted by atomic mass is 32.2. The quantitative estimate of drug-likeness (QED) is 0.707. The van der Waals surface area contributed by atoms with E-state index in [1.165, 1.54) is 7.11 Å². The lowest BCUT2D eigenvalue weighted by Gasteiger charge is -2.10. The van der Waals surface area contributed by atoms with Crippen molar-refractivity contribution in [2.75, 3.05) is 20.7 Å². The van der Waals surface area contributed by atoms with E-state index in [1.54, 1.807) is 7.05 Å². The van der Waals surface area contributed by atoms with Gasteiger partial charge in [0.25, 0.3) is 10.0 Å². The summed E-state index contributed by atoms with van der Waals surface area (Å²) in [4.78, 5) is 11.2. The Kier molecular flexibility index (Phi) is 4.88. The summed E-state index contributed by atoms with van der Waals surface area (Å²) >= 11 is 0. The standard InChI is InChI=1S/C10H16N2O5S/c1-7(11-2)5-12-18(14,15)9-4-8(6-17-9)10(13)16-3/h4,6-7,11-12H,5H2,1-3H3. The van der Waals surface area contributed by atoms with E-state index in [9.17, 15) is 13.2 Å². The zero-order chi connectivity index (χ0) is 13.8. The van der Waals surface area contributed by atoms with Crippen LogP contribution in [0.25, 0.3) is 0 Å². The molecule has 1 unspecified atom stereocenters. The van der Waals surface area contributed by atoms with Gasteiger partial charge < -0.3 is 14.5 Å². The van der Waals surface area contributed by atoms with Gasteiger partial charge in [-0.3, -0.25) is 0 Å². The Morgan fingerprint density at radius 2 is 2.22 bits per heavy atom. The minimum absolute atomic E-state index is 0.0187. The molecule has 2 N–H and O–H groups in total. The highest BCUT2D eigenvalue weighted by Gasteiger charge is 2.21. The summed E-state index contributed by atoms with van der Waals surface area (Å²) < 4.78 is 35.2. The van der Waals surface area contributed by atoms with Gasteiger partial charge in [0.05, 0.1) is 12.7 Å². The second-order valence-electron chi connectivity index (χ2n) is 3.69. The fourth-order valence-corrected chi connectivity index (χ4v) is 2.16. The number of nitrogens with one attached hydrogen (secondary N) is 2. The van der Waals surface area contributed by atoms with Crippen molar-refractivity contribution >= 4 is 16.0 Å². The van der Waals surface area contributed by atoms with Crippen molar-refractivity contribution < 1.29 is 22.4 Å². The van der Waals surface area contributed by atoms with E-state index < -0.39 is 16.0 Å². The number of ether oxygens (including phenoxy) is 1. The molecule has 1 heterocycles. The molecular formula is C10H16N2O5S. The van der Waals surface area contributed by atoms with E-state index in [1.807, 2.05) is 6.92 Å². The highest BCUT2D eigenvalue weighted by Crippen LogP contribution is 2.14. The van der Waals surface area contributed by atoms with Gasteiger partial charge in [-0.05, 0) is 14.0 Å². The fraction of sp³-hybridized carbons (Fsp3) is 0.500. The summed E-state index contributed by atoms with van der Waals surface area (Å²) in [5.41, 5.74) is 0.0551. The molecule has 0 aliphatic heterocycles. The molecule has 1 aromatic heterocycles. The molecule has 1 aromatic rings. The van der Waals surface area contributed by atoms with Crippen molar-refractivity contribution in [1.82, 2.24) is 10.0 Å². The van der Waals surface area contributed by atoms with Crippen LogP contribution < -0.4 is 10.0 Å². The molecule has 1 atom stereocenters. The van der Waals surface area contributed by atoms with Crippen LogP contribution in [-0.2, 0) is 14.8 Å². The van der Waals surface area contributed by atoms with Crippen LogP contribution in [0.15, 0.2) is 21.8 Å². The Morgan fingerprint density at radius 1 is 1.56 bits per heavy atom. The van der Waals surface area contributed by atoms with E-state index in [0.29, 0.717) is 0 Å². The lowest BCUT2D eigenvalue weighted by Crippen LogP contribution is -2.37. The molecule has 102 valence electrons. The van der Waals surface area contributed by atoms with Gasteiger partial charge in [-0.15, -0.1) is 0 Å². The second-order valence-corrected chi connectivity index (χ2v) is 5.39. The first-order chi connectivity index (χ1) is 8.40. The van der Waals surface area contributed by atoms with Gasteiger partial charge in [-0.2, -0.15) is 0 Å². The first-order valence-electron chi connectivity index (χ1n) is 5.24. The van der Waals surface area contributed by atoms with Gasteiger partial charge in [0.1, 0.15) is 6.26 Å². The summed E-state index contributed by atoms with van der Waals surface area (Å²) in [5, 5.41) is 2.58. The van der Waals surface area contributed by atoms with Crippen molar-refractivity contribution in [2.24, 2.45) is 0 Å². The van der Waals surface area contributed by atoms with Crippen molar-refractivity contribution in [1.29, 1.82) is 0 Å². The van der Waals surface area contributed by atoms with E-state index >= 15 is 0 Å². The van der Waals surface area contributed by atoms with Crippen LogP contribution in [0.1, 0.15) is 17.3 Å². The second kappa shape index (κ2) is 5.98. The first-order valence-corrected chi connectivity index (χ1v) is 6.72. The van der Waals surface area contributed by atoms with Crippen LogP contribution in [0.5, 0.6) is 0 Å². The summed E-state index contributed by atoms with van der Waals surface area (Å²) in [5.74, 6) is -0.649. The number of carbonyl (C=O) groups is 1. The minimum Gasteiger partial charge on any atom is -0.465 e. The molecule has 0 saturated carbocycles. The number of sulfonamides is 1. The molecule has 0 spiro atoms. The number of carbonyl (C=O) groups excluding carboxylic acids is 1. The molecule has 8 heteroatoms. The van der Waals surface area contributed by atoms with E-state index in [4.69, 9.17) is 4.42 Å². The predicted molar refractivity (Wildman–Crippen MR) is 63.8 cm³/mol. The monoisotopic (exact) mass is 276 g/mol. The number of esters is 1. The van der Waals surface area contributed by atoms with Crippen molar-refractivity contribution in [2.45, 2.75) is 18.1 Å². The van der Waals surface area contributed by atoms with Crippen LogP contribution >= 0.6 is 0 Å². The van der Waals surface area contributed by atoms with E-state index in [0.717, 1.165) is 12.3 Å². The van der Waals surface area contributed by atoms with Crippen molar-refractivity contribution in [3.63, 3.8) is 0 Å². The van der Waals surface area contributed by atoms with Crippen LogP contribution in [0.3, 0.4) is 0 Å². The number of furan rings is 1. The van der Waals surface area contributed by atoms with Gasteiger partial charge in [0, 0.05) is 18.7 Å². The third-order valence-corrected chi connectivity index (χ3v) is 3.62. The van der Waals surface area contributed by atoms with E-state index in [2.05, 4.69) is 14.8 Å². The van der Waals surface area contributed by atoms with Gasteiger partial charge in [-0.25, -0.2) is 17.9 Å². The summed E-state index contributed by atoms with van der Waals surface area (Å²) in [6.07, 6.45) is 1.04. The molecule has 0 radical (unpaired) electrons. The lowest BCUT2D eigenvalue weighted by molar-refractivity contribution is 0.0600. The topological polar surface area (TPSA) is 97.6 Å². The molecule has 0 amide bonds. The van der Waals surface area contributed by atoms with Gasteiger partial charge in [0.2, 0.25) is 5.09 Å². The zero-order valence-electron chi connectivity index (χ0n) is 10.4. The Labute approximate surface area is 106 Å². The molecule has 7 nitrogen and oxygen atoms in total. The van der Waals surface area contributed by atoms with Gasteiger partial charge >= 0.3 is 5.97 Å². The Balaban J connectivity index is 2.79. The zero-order valence-corrected chi connectivity index (χ0v) is 11.2. The third kappa shape index (κ3) is 3.56. The molecule has 0 aliphatic carbocycles. The summed E-state index contributed by atoms with van der Waals surface area (Å²) in [7, 11) is -0.823.